The highest BCUT2D eigenvalue weighted by atomic mass is 19.4. The highest BCUT2D eigenvalue weighted by molar-refractivity contribution is 6.50. The van der Waals surface area contributed by atoms with Gasteiger partial charge in [0.25, 0.3) is 11.8 Å². The van der Waals surface area contributed by atoms with E-state index in [4.69, 9.17) is 0 Å². The van der Waals surface area contributed by atoms with E-state index < -0.39 is 29.7 Å². The Balaban J connectivity index is 1.49. The van der Waals surface area contributed by atoms with Crippen molar-refractivity contribution in [3.63, 3.8) is 0 Å². The number of amides is 2. The fraction of sp³-hybridized carbons (Fsp3) is 0.310. The molecule has 2 aromatic carbocycles. The molecule has 0 aliphatic carbocycles. The third kappa shape index (κ3) is 4.63. The van der Waals surface area contributed by atoms with E-state index in [2.05, 4.69) is 15.2 Å². The number of carbonyl (C=O) groups excluding carboxylic acids is 2. The lowest BCUT2D eigenvalue weighted by atomic mass is 9.95. The Labute approximate surface area is 221 Å². The number of para-hydroxylation sites is 1. The molecule has 0 saturated carbocycles. The third-order valence-electron chi connectivity index (χ3n) is 7.59. The zero-order chi connectivity index (χ0) is 27.3. The van der Waals surface area contributed by atoms with Crippen LogP contribution in [0, 0.1) is 0 Å². The first-order chi connectivity index (χ1) is 18.7. The summed E-state index contributed by atoms with van der Waals surface area (Å²) in [5.74, 6) is -1.19. The molecule has 2 amide bonds. The Morgan fingerprint density at radius 1 is 0.897 bits per heavy atom. The Morgan fingerprint density at radius 2 is 1.62 bits per heavy atom. The lowest BCUT2D eigenvalue weighted by Gasteiger charge is -2.28. The number of nitrogens with zero attached hydrogens (tertiary/aromatic N) is 2. The van der Waals surface area contributed by atoms with Crippen LogP contribution in [0.5, 0.6) is 0 Å². The number of likely N-dealkylation sites (tertiary alicyclic amines) is 1. The van der Waals surface area contributed by atoms with Gasteiger partial charge >= 0.3 is 6.18 Å². The molecule has 3 N–H and O–H groups in total. The van der Waals surface area contributed by atoms with Crippen LogP contribution in [0.4, 0.5) is 13.2 Å². The van der Waals surface area contributed by atoms with Gasteiger partial charge in [0.1, 0.15) is 0 Å². The number of H-pyrrole nitrogens is 1. The number of aromatic amines is 1. The fourth-order valence-electron chi connectivity index (χ4n) is 5.79. The van der Waals surface area contributed by atoms with Crippen LogP contribution in [0.2, 0.25) is 0 Å². The van der Waals surface area contributed by atoms with Crippen molar-refractivity contribution in [1.29, 1.82) is 0 Å². The van der Waals surface area contributed by atoms with Crippen molar-refractivity contribution >= 4 is 44.8 Å². The van der Waals surface area contributed by atoms with Crippen molar-refractivity contribution in [2.24, 2.45) is 0 Å². The zero-order valence-corrected chi connectivity index (χ0v) is 21.0. The van der Waals surface area contributed by atoms with Crippen molar-refractivity contribution in [1.82, 2.24) is 19.8 Å². The maximum atomic E-state index is 13.6. The van der Waals surface area contributed by atoms with E-state index in [9.17, 15) is 27.9 Å². The van der Waals surface area contributed by atoms with Crippen LogP contribution in [-0.2, 0) is 22.3 Å². The molecule has 202 valence electrons. The molecule has 10 heteroatoms. The van der Waals surface area contributed by atoms with Gasteiger partial charge in [-0.2, -0.15) is 13.2 Å². The van der Waals surface area contributed by atoms with Gasteiger partial charge in [-0.25, -0.2) is 0 Å². The molecular weight excluding hydrogens is 509 g/mol. The number of rotatable bonds is 6. The number of aromatic nitrogens is 2. The SMILES string of the molecule is O=C1NC(=O)C(c2cn(CC(O)CN3CCCCC3)c3cc(C(F)(F)F)ccc23)=C1c1c[nH]c2ccccc12. The molecule has 1 fully saturated rings. The number of piperidine rings is 1. The number of nitrogens with one attached hydrogen (secondary N) is 2. The largest absolute Gasteiger partial charge is 0.416 e. The number of aliphatic hydroxyl groups is 1. The topological polar surface area (TPSA) is 90.4 Å². The summed E-state index contributed by atoms with van der Waals surface area (Å²) >= 11 is 0. The first-order valence-corrected chi connectivity index (χ1v) is 13.0. The van der Waals surface area contributed by atoms with E-state index in [1.54, 1.807) is 17.0 Å². The molecule has 2 aromatic heterocycles. The van der Waals surface area contributed by atoms with E-state index >= 15 is 0 Å². The number of hydrogen-bond donors (Lipinski definition) is 3. The third-order valence-corrected chi connectivity index (χ3v) is 7.59. The van der Waals surface area contributed by atoms with Crippen LogP contribution >= 0.6 is 0 Å². The van der Waals surface area contributed by atoms with Crippen LogP contribution in [0.15, 0.2) is 54.9 Å². The van der Waals surface area contributed by atoms with Gasteiger partial charge in [0, 0.05) is 58.4 Å². The van der Waals surface area contributed by atoms with E-state index in [0.717, 1.165) is 55.4 Å². The van der Waals surface area contributed by atoms with Gasteiger partial charge in [-0.05, 0) is 44.1 Å². The second-order valence-electron chi connectivity index (χ2n) is 10.2. The van der Waals surface area contributed by atoms with Crippen molar-refractivity contribution in [3.05, 3.63) is 71.5 Å². The van der Waals surface area contributed by atoms with Gasteiger partial charge in [-0.15, -0.1) is 0 Å². The van der Waals surface area contributed by atoms with Crippen molar-refractivity contribution < 1.29 is 27.9 Å². The highest BCUT2D eigenvalue weighted by Crippen LogP contribution is 2.40. The van der Waals surface area contributed by atoms with Crippen molar-refractivity contribution in [3.8, 4) is 0 Å². The summed E-state index contributed by atoms with van der Waals surface area (Å²) < 4.78 is 42.5. The second-order valence-corrected chi connectivity index (χ2v) is 10.2. The Bertz CT molecular complexity index is 1630. The van der Waals surface area contributed by atoms with Gasteiger partial charge in [0.05, 0.1) is 22.8 Å². The number of fused-ring (bicyclic) bond motifs is 2. The quantitative estimate of drug-likeness (QED) is 0.316. The number of β-amino-alcohol motifs (C(OH)–C–C–N with tert-alkyl or cyclic N) is 1. The van der Waals surface area contributed by atoms with E-state index in [0.29, 0.717) is 23.1 Å². The predicted molar refractivity (Wildman–Crippen MR) is 142 cm³/mol. The average molecular weight is 537 g/mol. The van der Waals surface area contributed by atoms with Crippen LogP contribution < -0.4 is 5.32 Å². The minimum Gasteiger partial charge on any atom is -0.390 e. The number of hydrogen-bond acceptors (Lipinski definition) is 4. The predicted octanol–water partition coefficient (Wildman–Crippen LogP) is 4.56. The Morgan fingerprint density at radius 3 is 2.36 bits per heavy atom. The average Bonchev–Trinajstić information content (AvgIpc) is 3.56. The molecule has 7 nitrogen and oxygen atoms in total. The van der Waals surface area contributed by atoms with E-state index in [-0.39, 0.29) is 23.2 Å². The summed E-state index contributed by atoms with van der Waals surface area (Å²) in [6, 6.07) is 10.7. The minimum atomic E-state index is -4.56. The van der Waals surface area contributed by atoms with E-state index in [1.807, 2.05) is 24.3 Å². The number of halogens is 3. The van der Waals surface area contributed by atoms with Crippen LogP contribution in [0.1, 0.15) is 36.0 Å². The number of benzene rings is 2. The second kappa shape index (κ2) is 9.69. The normalized spacial score (nSPS) is 17.9. The standard InChI is InChI=1S/C29H27F3N4O3/c30-29(31,32)17-8-9-20-22(16-36(24(20)12-17)15-18(37)14-35-10-4-1-5-11-35)26-25(27(38)34-28(26)39)21-13-33-23-7-3-2-6-19(21)23/h2-3,6-9,12-13,16,18,33,37H,1,4-5,10-11,14-15H2,(H,34,38,39). The van der Waals surface area contributed by atoms with Gasteiger partial charge in [0.15, 0.2) is 0 Å². The van der Waals surface area contributed by atoms with Crippen LogP contribution in [-0.4, -0.2) is 57.1 Å². The van der Waals surface area contributed by atoms with E-state index in [1.165, 1.54) is 6.07 Å². The van der Waals surface area contributed by atoms with Crippen molar-refractivity contribution in [2.45, 2.75) is 38.1 Å². The summed E-state index contributed by atoms with van der Waals surface area (Å²) in [6.45, 7) is 2.18. The summed E-state index contributed by atoms with van der Waals surface area (Å²) in [4.78, 5) is 31.4. The first kappa shape index (κ1) is 25.4. The molecule has 0 bridgehead atoms. The lowest BCUT2D eigenvalue weighted by molar-refractivity contribution is -0.137. The first-order valence-electron chi connectivity index (χ1n) is 13.0. The molecule has 1 atom stereocenters. The molecular formula is C29H27F3N4O3. The number of imide groups is 1. The molecule has 4 aromatic rings. The monoisotopic (exact) mass is 536 g/mol. The molecule has 1 saturated heterocycles. The minimum absolute atomic E-state index is 0.0412. The van der Waals surface area contributed by atoms with Gasteiger partial charge in [-0.3, -0.25) is 14.9 Å². The van der Waals surface area contributed by atoms with Crippen LogP contribution in [0.3, 0.4) is 0 Å². The smallest absolute Gasteiger partial charge is 0.390 e. The maximum absolute atomic E-state index is 13.6. The summed E-state index contributed by atoms with van der Waals surface area (Å²) in [5.41, 5.74) is 1.31. The van der Waals surface area contributed by atoms with Gasteiger partial charge in [0.2, 0.25) is 0 Å². The number of alkyl halides is 3. The molecule has 2 aliphatic rings. The number of aliphatic hydroxyl groups excluding tert-OH is 1. The lowest BCUT2D eigenvalue weighted by Crippen LogP contribution is -2.37. The van der Waals surface area contributed by atoms with Crippen LogP contribution in [0.25, 0.3) is 33.0 Å². The Kier molecular flexibility index (Phi) is 6.31. The summed E-state index contributed by atoms with van der Waals surface area (Å²) in [7, 11) is 0. The molecule has 0 radical (unpaired) electrons. The summed E-state index contributed by atoms with van der Waals surface area (Å²) in [6.07, 6.45) is 1.08. The molecule has 2 aliphatic heterocycles. The van der Waals surface area contributed by atoms with Gasteiger partial charge < -0.3 is 19.6 Å². The van der Waals surface area contributed by atoms with Crippen molar-refractivity contribution in [2.75, 3.05) is 19.6 Å². The molecule has 0 spiro atoms. The number of carbonyl (C=O) groups is 2. The molecule has 1 unspecified atom stereocenters. The fourth-order valence-corrected chi connectivity index (χ4v) is 5.79. The zero-order valence-electron chi connectivity index (χ0n) is 21.0. The maximum Gasteiger partial charge on any atom is 0.416 e. The Hall–Kier alpha value is -3.89. The molecule has 6 rings (SSSR count). The molecule has 39 heavy (non-hydrogen) atoms. The highest BCUT2D eigenvalue weighted by Gasteiger charge is 2.36. The molecule has 4 heterocycles. The summed E-state index contributed by atoms with van der Waals surface area (Å²) in [5, 5.41) is 14.4. The van der Waals surface area contributed by atoms with Gasteiger partial charge in [-0.1, -0.05) is 30.7 Å².